The van der Waals surface area contributed by atoms with Gasteiger partial charge < -0.3 is 0 Å². The van der Waals surface area contributed by atoms with Crippen molar-refractivity contribution in [1.82, 2.24) is 5.43 Å². The highest BCUT2D eigenvalue weighted by molar-refractivity contribution is 6.33. The molecule has 0 radical (unpaired) electrons. The molecule has 2 aromatic carbocycles. The van der Waals surface area contributed by atoms with E-state index in [2.05, 4.69) is 5.43 Å². The number of nitrogens with one attached hydrogen (secondary N) is 1. The predicted octanol–water partition coefficient (Wildman–Crippen LogP) is 4.67. The molecule has 1 atom stereocenters. The predicted molar refractivity (Wildman–Crippen MR) is 81.6 cm³/mol. The normalized spacial score (nSPS) is 12.5. The fourth-order valence-electron chi connectivity index (χ4n) is 1.98. The van der Waals surface area contributed by atoms with Gasteiger partial charge >= 0.3 is 0 Å². The molecule has 0 aromatic heterocycles. The average Bonchev–Trinajstić information content (AvgIpc) is 2.44. The lowest BCUT2D eigenvalue weighted by Crippen LogP contribution is -2.30. The number of rotatable bonds is 4. The van der Waals surface area contributed by atoms with Gasteiger partial charge in [0.05, 0.1) is 11.1 Å². The first kappa shape index (κ1) is 16.5. The highest BCUT2D eigenvalue weighted by Crippen LogP contribution is 2.29. The average molecular weight is 352 g/mol. The Kier molecular flexibility index (Phi) is 5.41. The molecule has 0 heterocycles. The molecule has 2 nitrogen and oxygen atoms in total. The molecule has 7 heteroatoms. The first-order valence-corrected chi connectivity index (χ1v) is 7.10. The molecule has 0 aliphatic heterocycles. The van der Waals surface area contributed by atoms with Gasteiger partial charge in [-0.05, 0) is 42.3 Å². The molecule has 0 aliphatic rings. The molecule has 0 amide bonds. The van der Waals surface area contributed by atoms with Crippen LogP contribution in [0.15, 0.2) is 30.3 Å². The summed E-state index contributed by atoms with van der Waals surface area (Å²) >= 11 is 17.5. The summed E-state index contributed by atoms with van der Waals surface area (Å²) in [5.41, 5.74) is 3.18. The van der Waals surface area contributed by atoms with E-state index in [0.29, 0.717) is 15.6 Å². The number of hydrazine groups is 1. The number of hydrogen-bond donors (Lipinski definition) is 2. The standard InChI is InChI=1S/C14H11Cl3F2N2/c15-8-1-2-10(16)7(3-8)4-14(21-20)9-5-13(19)11(17)6-12(9)18/h1-3,5-6,14,21H,4,20H2. The van der Waals surface area contributed by atoms with E-state index in [1.807, 2.05) is 0 Å². The Hall–Kier alpha value is -0.910. The first-order valence-electron chi connectivity index (χ1n) is 5.97. The summed E-state index contributed by atoms with van der Waals surface area (Å²) in [6.07, 6.45) is 0.244. The zero-order valence-corrected chi connectivity index (χ0v) is 12.9. The highest BCUT2D eigenvalue weighted by Gasteiger charge is 2.19. The Bertz CT molecular complexity index is 665. The minimum Gasteiger partial charge on any atom is -0.271 e. The third kappa shape index (κ3) is 3.84. The van der Waals surface area contributed by atoms with Crippen LogP contribution in [0.25, 0.3) is 0 Å². The van der Waals surface area contributed by atoms with E-state index in [1.54, 1.807) is 18.2 Å². The zero-order chi connectivity index (χ0) is 15.6. The third-order valence-electron chi connectivity index (χ3n) is 3.05. The van der Waals surface area contributed by atoms with Crippen molar-refractivity contribution >= 4 is 34.8 Å². The van der Waals surface area contributed by atoms with Crippen molar-refractivity contribution in [2.45, 2.75) is 12.5 Å². The lowest BCUT2D eigenvalue weighted by molar-refractivity contribution is 0.502. The third-order valence-corrected chi connectivity index (χ3v) is 3.94. The molecule has 0 fully saturated rings. The van der Waals surface area contributed by atoms with E-state index in [1.165, 1.54) is 0 Å². The van der Waals surface area contributed by atoms with Crippen LogP contribution < -0.4 is 11.3 Å². The minimum absolute atomic E-state index is 0.0652. The fourth-order valence-corrected chi connectivity index (χ4v) is 2.52. The van der Waals surface area contributed by atoms with E-state index in [0.717, 1.165) is 12.1 Å². The van der Waals surface area contributed by atoms with E-state index in [4.69, 9.17) is 40.6 Å². The number of hydrogen-bond acceptors (Lipinski definition) is 2. The highest BCUT2D eigenvalue weighted by atomic mass is 35.5. The van der Waals surface area contributed by atoms with Crippen LogP contribution >= 0.6 is 34.8 Å². The van der Waals surface area contributed by atoms with Crippen LogP contribution in [0.5, 0.6) is 0 Å². The molecule has 2 aromatic rings. The molecule has 0 bridgehead atoms. The summed E-state index contributed by atoms with van der Waals surface area (Å²) in [5.74, 6) is 4.08. The number of halogens is 5. The molecule has 21 heavy (non-hydrogen) atoms. The zero-order valence-electron chi connectivity index (χ0n) is 10.6. The maximum absolute atomic E-state index is 13.9. The second-order valence-electron chi connectivity index (χ2n) is 4.45. The molecular weight excluding hydrogens is 341 g/mol. The summed E-state index contributed by atoms with van der Waals surface area (Å²) in [6, 6.07) is 6.18. The van der Waals surface area contributed by atoms with Gasteiger partial charge in [-0.25, -0.2) is 8.78 Å². The molecule has 0 saturated carbocycles. The van der Waals surface area contributed by atoms with E-state index in [-0.39, 0.29) is 17.0 Å². The topological polar surface area (TPSA) is 38.0 Å². The van der Waals surface area contributed by atoms with Gasteiger partial charge in [-0.1, -0.05) is 34.8 Å². The fraction of sp³-hybridized carbons (Fsp3) is 0.143. The van der Waals surface area contributed by atoms with Gasteiger partial charge in [0.1, 0.15) is 11.6 Å². The monoisotopic (exact) mass is 350 g/mol. The lowest BCUT2D eigenvalue weighted by Gasteiger charge is -2.18. The van der Waals surface area contributed by atoms with Gasteiger partial charge in [0.25, 0.3) is 0 Å². The van der Waals surface area contributed by atoms with Crippen molar-refractivity contribution in [3.05, 3.63) is 68.2 Å². The summed E-state index contributed by atoms with van der Waals surface area (Å²) in [5, 5.41) is 0.676. The van der Waals surface area contributed by atoms with Gasteiger partial charge in [0.15, 0.2) is 0 Å². The molecule has 0 spiro atoms. The summed E-state index contributed by atoms with van der Waals surface area (Å²) in [6.45, 7) is 0. The Morgan fingerprint density at radius 2 is 1.71 bits per heavy atom. The largest absolute Gasteiger partial charge is 0.271 e. The summed E-state index contributed by atoms with van der Waals surface area (Å²) < 4.78 is 27.5. The van der Waals surface area contributed by atoms with Gasteiger partial charge in [-0.2, -0.15) is 0 Å². The molecule has 2 rings (SSSR count). The van der Waals surface area contributed by atoms with E-state index < -0.39 is 17.7 Å². The van der Waals surface area contributed by atoms with Crippen LogP contribution in [-0.4, -0.2) is 0 Å². The second-order valence-corrected chi connectivity index (χ2v) is 5.70. The van der Waals surface area contributed by atoms with Crippen molar-refractivity contribution in [2.75, 3.05) is 0 Å². The van der Waals surface area contributed by atoms with Crippen molar-refractivity contribution in [3.63, 3.8) is 0 Å². The van der Waals surface area contributed by atoms with E-state index in [9.17, 15) is 8.78 Å². The molecular formula is C14H11Cl3F2N2. The summed E-state index contributed by atoms with van der Waals surface area (Å²) in [7, 11) is 0. The number of nitrogens with two attached hydrogens (primary N) is 1. The number of benzene rings is 2. The van der Waals surface area contributed by atoms with Crippen LogP contribution in [0.4, 0.5) is 8.78 Å². The molecule has 0 saturated heterocycles. The Morgan fingerprint density at radius 1 is 1.00 bits per heavy atom. The van der Waals surface area contributed by atoms with Crippen molar-refractivity contribution in [3.8, 4) is 0 Å². The molecule has 3 N–H and O–H groups in total. The van der Waals surface area contributed by atoms with Gasteiger partial charge in [-0.3, -0.25) is 11.3 Å². The van der Waals surface area contributed by atoms with Crippen molar-refractivity contribution < 1.29 is 8.78 Å². The quantitative estimate of drug-likeness (QED) is 0.477. The first-order chi connectivity index (χ1) is 9.92. The van der Waals surface area contributed by atoms with Crippen LogP contribution in [0.3, 0.4) is 0 Å². The SMILES string of the molecule is NNC(Cc1cc(Cl)ccc1Cl)c1cc(F)c(Cl)cc1F. The minimum atomic E-state index is -0.717. The van der Waals surface area contributed by atoms with Gasteiger partial charge in [0.2, 0.25) is 0 Å². The maximum atomic E-state index is 13.9. The van der Waals surface area contributed by atoms with Crippen molar-refractivity contribution in [1.29, 1.82) is 0 Å². The van der Waals surface area contributed by atoms with Crippen LogP contribution in [0.2, 0.25) is 15.1 Å². The van der Waals surface area contributed by atoms with Gasteiger partial charge in [-0.15, -0.1) is 0 Å². The van der Waals surface area contributed by atoms with Gasteiger partial charge in [0, 0.05) is 15.6 Å². The molecule has 0 aliphatic carbocycles. The van der Waals surface area contributed by atoms with Crippen LogP contribution in [0, 0.1) is 11.6 Å². The van der Waals surface area contributed by atoms with Crippen LogP contribution in [0.1, 0.15) is 17.2 Å². The Balaban J connectivity index is 2.36. The maximum Gasteiger partial charge on any atom is 0.142 e. The second kappa shape index (κ2) is 6.90. The van der Waals surface area contributed by atoms with Crippen LogP contribution in [-0.2, 0) is 6.42 Å². The Morgan fingerprint density at radius 3 is 2.38 bits per heavy atom. The Labute approximate surface area is 135 Å². The lowest BCUT2D eigenvalue weighted by atomic mass is 9.98. The molecule has 1 unspecified atom stereocenters. The van der Waals surface area contributed by atoms with E-state index >= 15 is 0 Å². The smallest absolute Gasteiger partial charge is 0.142 e. The summed E-state index contributed by atoms with van der Waals surface area (Å²) in [4.78, 5) is 0. The van der Waals surface area contributed by atoms with Crippen molar-refractivity contribution in [2.24, 2.45) is 5.84 Å². The molecule has 112 valence electrons.